The van der Waals surface area contributed by atoms with E-state index in [1.807, 2.05) is 32.9 Å². The van der Waals surface area contributed by atoms with E-state index >= 15 is 0 Å². The molecule has 1 amide bonds. The first-order valence-electron chi connectivity index (χ1n) is 8.96. The number of carbonyl (C=O) groups is 1. The number of hydrogen-bond acceptors (Lipinski definition) is 5. The van der Waals surface area contributed by atoms with Gasteiger partial charge >= 0.3 is 5.69 Å². The lowest BCUT2D eigenvalue weighted by molar-refractivity contribution is -0.115. The number of unbranched alkanes of at least 4 members (excludes halogenated alkanes) is 1. The number of halogens is 1. The largest absolute Gasteiger partial charge is 0.383 e. The van der Waals surface area contributed by atoms with E-state index in [0.29, 0.717) is 6.54 Å². The molecule has 2 rings (SSSR count). The molecule has 0 spiro atoms. The van der Waals surface area contributed by atoms with Crippen LogP contribution >= 0.6 is 27.7 Å². The highest BCUT2D eigenvalue weighted by atomic mass is 79.9. The van der Waals surface area contributed by atoms with Crippen LogP contribution in [0.5, 0.6) is 0 Å². The zero-order valence-corrected chi connectivity index (χ0v) is 18.9. The van der Waals surface area contributed by atoms with Crippen molar-refractivity contribution in [1.29, 1.82) is 0 Å². The fourth-order valence-corrected chi connectivity index (χ4v) is 4.19. The van der Waals surface area contributed by atoms with Crippen molar-refractivity contribution in [1.82, 2.24) is 9.55 Å². The van der Waals surface area contributed by atoms with Crippen LogP contribution in [0.25, 0.3) is 0 Å². The van der Waals surface area contributed by atoms with Crippen molar-refractivity contribution in [3.63, 3.8) is 0 Å². The van der Waals surface area contributed by atoms with Gasteiger partial charge < -0.3 is 10.6 Å². The fraction of sp³-hybridized carbons (Fsp3) is 0.421. The van der Waals surface area contributed by atoms with Crippen molar-refractivity contribution in [2.24, 2.45) is 0 Å². The molecule has 0 saturated carbocycles. The van der Waals surface area contributed by atoms with Crippen LogP contribution in [-0.4, -0.2) is 28.3 Å². The number of H-pyrrole nitrogens is 1. The van der Waals surface area contributed by atoms with Crippen molar-refractivity contribution in [3.8, 4) is 0 Å². The molecule has 9 heteroatoms. The van der Waals surface area contributed by atoms with E-state index in [1.165, 1.54) is 28.3 Å². The van der Waals surface area contributed by atoms with Gasteiger partial charge in [-0.05, 0) is 43.5 Å². The third-order valence-corrected chi connectivity index (χ3v) is 6.46. The molecule has 2 aromatic rings. The summed E-state index contributed by atoms with van der Waals surface area (Å²) in [5.74, 6) is -0.118. The maximum absolute atomic E-state index is 12.7. The minimum Gasteiger partial charge on any atom is -0.383 e. The van der Waals surface area contributed by atoms with Crippen LogP contribution in [0.1, 0.15) is 30.9 Å². The van der Waals surface area contributed by atoms with Crippen LogP contribution in [-0.2, 0) is 11.3 Å². The molecule has 3 N–H and O–H groups in total. The van der Waals surface area contributed by atoms with Gasteiger partial charge in [-0.25, -0.2) is 4.79 Å². The van der Waals surface area contributed by atoms with Crippen molar-refractivity contribution >= 4 is 45.1 Å². The number of anilines is 2. The molecule has 1 aromatic heterocycles. The third-order valence-electron chi connectivity index (χ3n) is 4.47. The summed E-state index contributed by atoms with van der Waals surface area (Å²) >= 11 is 4.90. The Hall–Kier alpha value is -2.00. The van der Waals surface area contributed by atoms with E-state index in [-0.39, 0.29) is 23.2 Å². The monoisotopic (exact) mass is 468 g/mol. The lowest BCUT2D eigenvalue weighted by Gasteiger charge is -2.20. The number of aryl methyl sites for hydroxylation is 2. The number of aromatic amines is 1. The Morgan fingerprint density at radius 2 is 1.96 bits per heavy atom. The molecule has 0 fully saturated rings. The summed E-state index contributed by atoms with van der Waals surface area (Å²) in [6.07, 6.45) is 1.61. The molecule has 0 aliphatic rings. The molecule has 7 nitrogen and oxygen atoms in total. The van der Waals surface area contributed by atoms with E-state index in [4.69, 9.17) is 5.73 Å². The smallest absolute Gasteiger partial charge is 0.330 e. The highest BCUT2D eigenvalue weighted by Gasteiger charge is 2.21. The zero-order valence-electron chi connectivity index (χ0n) is 16.5. The predicted molar refractivity (Wildman–Crippen MR) is 118 cm³/mol. The fourth-order valence-electron chi connectivity index (χ4n) is 2.71. The number of aromatic nitrogens is 2. The molecule has 0 saturated heterocycles. The Balaban J connectivity index is 2.25. The number of carbonyl (C=O) groups excluding carboxylic acids is 1. The first kappa shape index (κ1) is 22.3. The molecule has 152 valence electrons. The van der Waals surface area contributed by atoms with Gasteiger partial charge in [-0.3, -0.25) is 19.1 Å². The molecule has 0 unspecified atom stereocenters. The van der Waals surface area contributed by atoms with Gasteiger partial charge in [0.05, 0.1) is 5.75 Å². The van der Waals surface area contributed by atoms with Gasteiger partial charge in [0, 0.05) is 23.0 Å². The summed E-state index contributed by atoms with van der Waals surface area (Å²) in [5, 5.41) is 0. The SMILES string of the molecule is CCCCn1c(N)c(N(C)C(=O)CSc2cc(C)c(Br)cc2C)c(=O)[nH]c1=O. The maximum atomic E-state index is 12.7. The van der Waals surface area contributed by atoms with Crippen LogP contribution < -0.4 is 21.9 Å². The van der Waals surface area contributed by atoms with E-state index in [0.717, 1.165) is 33.3 Å². The second-order valence-corrected chi connectivity index (χ2v) is 8.48. The van der Waals surface area contributed by atoms with Crippen LogP contribution in [0, 0.1) is 13.8 Å². The van der Waals surface area contributed by atoms with E-state index < -0.39 is 11.2 Å². The van der Waals surface area contributed by atoms with Crippen LogP contribution in [0.4, 0.5) is 11.5 Å². The molecular weight excluding hydrogens is 444 g/mol. The average molecular weight is 469 g/mol. The molecule has 28 heavy (non-hydrogen) atoms. The zero-order chi connectivity index (χ0) is 21.0. The van der Waals surface area contributed by atoms with Gasteiger partial charge in [-0.15, -0.1) is 11.8 Å². The second-order valence-electron chi connectivity index (χ2n) is 6.61. The van der Waals surface area contributed by atoms with Crippen LogP contribution in [0.3, 0.4) is 0 Å². The van der Waals surface area contributed by atoms with Gasteiger partial charge in [0.1, 0.15) is 5.82 Å². The van der Waals surface area contributed by atoms with E-state index in [2.05, 4.69) is 20.9 Å². The number of rotatable bonds is 7. The Morgan fingerprint density at radius 3 is 2.61 bits per heavy atom. The average Bonchev–Trinajstić information content (AvgIpc) is 2.62. The Kier molecular flexibility index (Phi) is 7.54. The van der Waals surface area contributed by atoms with Gasteiger partial charge in [-0.2, -0.15) is 0 Å². The van der Waals surface area contributed by atoms with E-state index in [1.54, 1.807) is 0 Å². The highest BCUT2D eigenvalue weighted by molar-refractivity contribution is 9.10. The molecule has 1 aromatic carbocycles. The van der Waals surface area contributed by atoms with Crippen LogP contribution in [0.2, 0.25) is 0 Å². The number of nitrogens with two attached hydrogens (primary N) is 1. The number of nitrogens with one attached hydrogen (secondary N) is 1. The standard InChI is InChI=1S/C19H25BrN4O3S/c1-5-6-7-24-17(21)16(18(26)22-19(24)27)23(4)15(25)10-28-14-9-11(2)13(20)8-12(14)3/h8-9H,5-7,10,21H2,1-4H3,(H,22,26,27). The molecule has 0 radical (unpaired) electrons. The van der Waals surface area contributed by atoms with Crippen molar-refractivity contribution in [3.05, 3.63) is 48.6 Å². The molecule has 0 aliphatic carbocycles. The molecule has 1 heterocycles. The summed E-state index contributed by atoms with van der Waals surface area (Å²) < 4.78 is 2.32. The number of thioether (sulfide) groups is 1. The van der Waals surface area contributed by atoms with Gasteiger partial charge in [0.2, 0.25) is 5.91 Å². The number of nitrogens with zero attached hydrogens (tertiary/aromatic N) is 2. The Morgan fingerprint density at radius 1 is 1.29 bits per heavy atom. The number of amides is 1. The molecule has 0 bridgehead atoms. The molecule has 0 atom stereocenters. The predicted octanol–water partition coefficient (Wildman–Crippen LogP) is 3.05. The minimum absolute atomic E-state index is 0.00464. The van der Waals surface area contributed by atoms with Crippen molar-refractivity contribution in [2.45, 2.75) is 45.1 Å². The summed E-state index contributed by atoms with van der Waals surface area (Å²) in [7, 11) is 1.50. The first-order chi connectivity index (χ1) is 13.2. The van der Waals surface area contributed by atoms with Crippen LogP contribution in [0.15, 0.2) is 31.1 Å². The molecule has 0 aliphatic heterocycles. The quantitative estimate of drug-likeness (QED) is 0.607. The number of nitrogen functional groups attached to an aromatic ring is 1. The number of hydrogen-bond donors (Lipinski definition) is 2. The summed E-state index contributed by atoms with van der Waals surface area (Å²) in [6.45, 7) is 6.35. The lowest BCUT2D eigenvalue weighted by atomic mass is 10.2. The summed E-state index contributed by atoms with van der Waals surface area (Å²) in [6, 6.07) is 4.03. The van der Waals surface area contributed by atoms with Crippen molar-refractivity contribution < 1.29 is 4.79 Å². The third kappa shape index (κ3) is 4.88. The Bertz CT molecular complexity index is 1000. The van der Waals surface area contributed by atoms with E-state index in [9.17, 15) is 14.4 Å². The first-order valence-corrected chi connectivity index (χ1v) is 10.7. The topological polar surface area (TPSA) is 101 Å². The van der Waals surface area contributed by atoms with Gasteiger partial charge in [-0.1, -0.05) is 29.3 Å². The summed E-state index contributed by atoms with van der Waals surface area (Å²) in [5.41, 5.74) is 6.99. The van der Waals surface area contributed by atoms with Gasteiger partial charge in [0.15, 0.2) is 5.69 Å². The van der Waals surface area contributed by atoms with Crippen molar-refractivity contribution in [2.75, 3.05) is 23.4 Å². The maximum Gasteiger partial charge on any atom is 0.330 e. The highest BCUT2D eigenvalue weighted by Crippen LogP contribution is 2.29. The lowest BCUT2D eigenvalue weighted by Crippen LogP contribution is -2.39. The second kappa shape index (κ2) is 9.47. The normalized spacial score (nSPS) is 10.9. The minimum atomic E-state index is -0.660. The Labute approximate surface area is 176 Å². The molecular formula is C19H25BrN4O3S. The number of benzene rings is 1. The summed E-state index contributed by atoms with van der Waals surface area (Å²) in [4.78, 5) is 41.5. The van der Waals surface area contributed by atoms with Gasteiger partial charge in [0.25, 0.3) is 5.56 Å².